The second kappa shape index (κ2) is 6.64. The van der Waals surface area contributed by atoms with Crippen LogP contribution in [0.15, 0.2) is 11.6 Å². The second-order valence-corrected chi connectivity index (χ2v) is 4.92. The van der Waals surface area contributed by atoms with E-state index in [2.05, 4.69) is 4.98 Å². The lowest BCUT2D eigenvalue weighted by Crippen LogP contribution is -2.31. The quantitative estimate of drug-likeness (QED) is 0.541. The highest BCUT2D eigenvalue weighted by Gasteiger charge is 2.27. The average molecular weight is 300 g/mol. The monoisotopic (exact) mass is 300 g/mol. The van der Waals surface area contributed by atoms with Crippen LogP contribution in [0.4, 0.5) is 11.6 Å². The van der Waals surface area contributed by atoms with E-state index < -0.39 is 4.92 Å². The Hall–Kier alpha value is -1.71. The highest BCUT2D eigenvalue weighted by Crippen LogP contribution is 2.30. The number of thiazole rings is 1. The van der Waals surface area contributed by atoms with Crippen LogP contribution in [0.25, 0.3) is 4.96 Å². The lowest BCUT2D eigenvalue weighted by atomic mass is 10.4. The van der Waals surface area contributed by atoms with Crippen molar-refractivity contribution in [2.45, 2.75) is 0 Å². The topological polar surface area (TPSA) is 82.1 Å². The zero-order valence-electron chi connectivity index (χ0n) is 11.3. The van der Waals surface area contributed by atoms with Gasteiger partial charge >= 0.3 is 5.82 Å². The molecule has 2 aromatic heterocycles. The average Bonchev–Trinajstić information content (AvgIpc) is 2.98. The summed E-state index contributed by atoms with van der Waals surface area (Å²) >= 11 is 1.36. The fourth-order valence-corrected chi connectivity index (χ4v) is 2.58. The molecule has 110 valence electrons. The molecule has 2 heterocycles. The number of fused-ring (bicyclic) bond motifs is 1. The van der Waals surface area contributed by atoms with E-state index in [-0.39, 0.29) is 5.82 Å². The van der Waals surface area contributed by atoms with Crippen LogP contribution >= 0.6 is 11.3 Å². The number of anilines is 1. The molecule has 0 spiro atoms. The first-order valence-corrected chi connectivity index (χ1v) is 6.89. The van der Waals surface area contributed by atoms with Gasteiger partial charge in [0.05, 0.1) is 13.2 Å². The van der Waals surface area contributed by atoms with Gasteiger partial charge in [0, 0.05) is 32.7 Å². The van der Waals surface area contributed by atoms with E-state index in [1.807, 2.05) is 4.90 Å². The molecule has 2 rings (SSSR count). The minimum Gasteiger partial charge on any atom is -0.383 e. The van der Waals surface area contributed by atoms with Crippen LogP contribution in [-0.4, -0.2) is 54.8 Å². The molecule has 0 unspecified atom stereocenters. The number of hydrogen-bond acceptors (Lipinski definition) is 7. The van der Waals surface area contributed by atoms with E-state index in [0.717, 1.165) is 0 Å². The molecule has 20 heavy (non-hydrogen) atoms. The molecule has 0 aromatic carbocycles. The Bertz CT molecular complexity index is 574. The maximum atomic E-state index is 11.3. The number of nitrogens with zero attached hydrogens (tertiary/aromatic N) is 4. The number of methoxy groups -OCH3 is 2. The van der Waals surface area contributed by atoms with Crippen LogP contribution < -0.4 is 4.90 Å². The number of hydrogen-bond donors (Lipinski definition) is 0. The van der Waals surface area contributed by atoms with Crippen LogP contribution in [0.1, 0.15) is 0 Å². The molecule has 2 aromatic rings. The minimum atomic E-state index is -0.408. The molecule has 0 saturated heterocycles. The van der Waals surface area contributed by atoms with Crippen molar-refractivity contribution in [1.82, 2.24) is 9.38 Å². The Labute approximate surface area is 119 Å². The molecule has 0 aliphatic carbocycles. The van der Waals surface area contributed by atoms with Gasteiger partial charge in [0.15, 0.2) is 0 Å². The standard InChI is InChI=1S/C11H16N4O4S/c1-18-6-3-13(4-7-19-2)9-10(15(16)17)14-5-8-20-11(14)12-9/h5,8H,3-4,6-7H2,1-2H3. The summed E-state index contributed by atoms with van der Waals surface area (Å²) in [7, 11) is 3.18. The molecule has 0 bridgehead atoms. The van der Waals surface area contributed by atoms with Gasteiger partial charge in [-0.05, 0) is 4.92 Å². The first-order valence-electron chi connectivity index (χ1n) is 6.01. The minimum absolute atomic E-state index is 0.0199. The van der Waals surface area contributed by atoms with Crippen molar-refractivity contribution in [2.24, 2.45) is 0 Å². The third kappa shape index (κ3) is 2.89. The van der Waals surface area contributed by atoms with Crippen LogP contribution in [-0.2, 0) is 9.47 Å². The summed E-state index contributed by atoms with van der Waals surface area (Å²) in [5, 5.41) is 13.1. The lowest BCUT2D eigenvalue weighted by Gasteiger charge is -2.20. The normalized spacial score (nSPS) is 11.1. The predicted octanol–water partition coefficient (Wildman–Crippen LogP) is 1.40. The van der Waals surface area contributed by atoms with Crippen LogP contribution in [0.3, 0.4) is 0 Å². The van der Waals surface area contributed by atoms with Gasteiger partial charge in [0.1, 0.15) is 6.20 Å². The van der Waals surface area contributed by atoms with Gasteiger partial charge in [0.2, 0.25) is 5.82 Å². The first kappa shape index (κ1) is 14.7. The predicted molar refractivity (Wildman–Crippen MR) is 75.7 cm³/mol. The summed E-state index contributed by atoms with van der Waals surface area (Å²) < 4.78 is 11.6. The van der Waals surface area contributed by atoms with E-state index >= 15 is 0 Å². The summed E-state index contributed by atoms with van der Waals surface area (Å²) in [6.07, 6.45) is 1.65. The summed E-state index contributed by atoms with van der Waals surface area (Å²) in [6.45, 7) is 1.97. The van der Waals surface area contributed by atoms with Crippen LogP contribution in [0.2, 0.25) is 0 Å². The van der Waals surface area contributed by atoms with E-state index in [1.165, 1.54) is 15.7 Å². The van der Waals surface area contributed by atoms with Gasteiger partial charge in [-0.2, -0.15) is 9.38 Å². The number of ether oxygens (including phenoxy) is 2. The van der Waals surface area contributed by atoms with Crippen molar-refractivity contribution in [2.75, 3.05) is 45.4 Å². The molecule has 0 atom stereocenters. The molecule has 0 radical (unpaired) electrons. The Morgan fingerprint density at radius 2 is 2.05 bits per heavy atom. The van der Waals surface area contributed by atoms with E-state index in [9.17, 15) is 10.1 Å². The Morgan fingerprint density at radius 1 is 1.40 bits per heavy atom. The Balaban J connectivity index is 2.37. The van der Waals surface area contributed by atoms with Crippen molar-refractivity contribution >= 4 is 27.9 Å². The van der Waals surface area contributed by atoms with Crippen molar-refractivity contribution in [3.63, 3.8) is 0 Å². The number of imidazole rings is 1. The third-order valence-corrected chi connectivity index (χ3v) is 3.58. The summed E-state index contributed by atoms with van der Waals surface area (Å²) in [4.78, 5) is 17.7. The summed E-state index contributed by atoms with van der Waals surface area (Å²) in [6, 6.07) is 0. The SMILES string of the molecule is COCCN(CCOC)c1nc2sccn2c1[N+](=O)[O-]. The molecule has 9 heteroatoms. The van der Waals surface area contributed by atoms with Crippen molar-refractivity contribution in [3.05, 3.63) is 21.7 Å². The molecule has 0 aliphatic heterocycles. The van der Waals surface area contributed by atoms with Gasteiger partial charge < -0.3 is 24.5 Å². The van der Waals surface area contributed by atoms with E-state index in [1.54, 1.807) is 25.8 Å². The highest BCUT2D eigenvalue weighted by atomic mass is 32.1. The van der Waals surface area contributed by atoms with Crippen molar-refractivity contribution in [3.8, 4) is 0 Å². The maximum absolute atomic E-state index is 11.3. The zero-order valence-corrected chi connectivity index (χ0v) is 12.1. The fraction of sp³-hybridized carbons (Fsp3) is 0.545. The molecule has 8 nitrogen and oxygen atoms in total. The van der Waals surface area contributed by atoms with Gasteiger partial charge in [-0.3, -0.25) is 0 Å². The Morgan fingerprint density at radius 3 is 2.60 bits per heavy atom. The molecule has 0 fully saturated rings. The first-order chi connectivity index (χ1) is 9.69. The number of nitro groups is 1. The fourth-order valence-electron chi connectivity index (χ4n) is 1.87. The van der Waals surface area contributed by atoms with Gasteiger partial charge in [-0.25, -0.2) is 0 Å². The summed E-state index contributed by atoms with van der Waals surface area (Å²) in [5.74, 6) is 0.337. The van der Waals surface area contributed by atoms with E-state index in [4.69, 9.17) is 9.47 Å². The molecule has 0 saturated carbocycles. The number of rotatable bonds is 8. The maximum Gasteiger partial charge on any atom is 0.373 e. The van der Waals surface area contributed by atoms with Gasteiger partial charge in [0.25, 0.3) is 4.96 Å². The molecular formula is C11H16N4O4S. The van der Waals surface area contributed by atoms with Crippen LogP contribution in [0.5, 0.6) is 0 Å². The number of aromatic nitrogens is 2. The molecular weight excluding hydrogens is 284 g/mol. The van der Waals surface area contributed by atoms with E-state index in [0.29, 0.717) is 37.1 Å². The van der Waals surface area contributed by atoms with Crippen molar-refractivity contribution in [1.29, 1.82) is 0 Å². The summed E-state index contributed by atoms with van der Waals surface area (Å²) in [5.41, 5.74) is 0. The lowest BCUT2D eigenvalue weighted by molar-refractivity contribution is -0.389. The molecule has 0 amide bonds. The second-order valence-electron chi connectivity index (χ2n) is 4.04. The largest absolute Gasteiger partial charge is 0.383 e. The van der Waals surface area contributed by atoms with Gasteiger partial charge in [-0.15, -0.1) is 0 Å². The highest BCUT2D eigenvalue weighted by molar-refractivity contribution is 7.15. The molecule has 0 N–H and O–H groups in total. The van der Waals surface area contributed by atoms with Crippen molar-refractivity contribution < 1.29 is 14.4 Å². The smallest absolute Gasteiger partial charge is 0.373 e. The zero-order chi connectivity index (χ0) is 14.5. The Kier molecular flexibility index (Phi) is 4.88. The third-order valence-electron chi connectivity index (χ3n) is 2.82. The van der Waals surface area contributed by atoms with Crippen LogP contribution in [0, 0.1) is 10.1 Å². The molecule has 0 aliphatic rings. The van der Waals surface area contributed by atoms with Gasteiger partial charge in [-0.1, -0.05) is 11.3 Å².